The summed E-state index contributed by atoms with van der Waals surface area (Å²) >= 11 is 5.95. The largest absolute Gasteiger partial charge is 0.495 e. The van der Waals surface area contributed by atoms with Crippen molar-refractivity contribution in [2.24, 2.45) is 0 Å². The Morgan fingerprint density at radius 1 is 0.923 bits per heavy atom. The van der Waals surface area contributed by atoms with Crippen molar-refractivity contribution in [3.63, 3.8) is 0 Å². The van der Waals surface area contributed by atoms with Crippen molar-refractivity contribution in [1.29, 1.82) is 0 Å². The first kappa shape index (κ1) is 18.3. The molecule has 0 bridgehead atoms. The molecular weight excluding hydrogens is 370 g/mol. The molecule has 0 fully saturated rings. The second-order valence-corrected chi connectivity index (χ2v) is 7.85. The number of hydrogen-bond acceptors (Lipinski definition) is 3. The van der Waals surface area contributed by atoms with Gasteiger partial charge in [-0.05, 0) is 47.9 Å². The van der Waals surface area contributed by atoms with Crippen LogP contribution in [0, 0.1) is 0 Å². The van der Waals surface area contributed by atoms with Crippen LogP contribution in [0.1, 0.15) is 11.1 Å². The van der Waals surface area contributed by atoms with Crippen LogP contribution < -0.4 is 9.46 Å². The minimum absolute atomic E-state index is 0.000891. The Morgan fingerprint density at radius 3 is 2.38 bits per heavy atom. The molecule has 3 aromatic rings. The highest BCUT2D eigenvalue weighted by Gasteiger charge is 2.20. The lowest BCUT2D eigenvalue weighted by atomic mass is 10.0. The van der Waals surface area contributed by atoms with Crippen LogP contribution in [0.3, 0.4) is 0 Å². The van der Waals surface area contributed by atoms with Crippen molar-refractivity contribution >= 4 is 27.3 Å². The fourth-order valence-electron chi connectivity index (χ4n) is 2.65. The number of halogens is 1. The Balaban J connectivity index is 1.87. The van der Waals surface area contributed by atoms with Crippen LogP contribution in [0.15, 0.2) is 77.7 Å². The van der Waals surface area contributed by atoms with E-state index in [1.165, 1.54) is 19.2 Å². The van der Waals surface area contributed by atoms with Gasteiger partial charge in [0.2, 0.25) is 0 Å². The lowest BCUT2D eigenvalue weighted by Gasteiger charge is -2.13. The summed E-state index contributed by atoms with van der Waals surface area (Å²) in [6.07, 6.45) is 0.719. The highest BCUT2D eigenvalue weighted by molar-refractivity contribution is 7.92. The molecule has 26 heavy (non-hydrogen) atoms. The number of sulfonamides is 1. The first-order valence-corrected chi connectivity index (χ1v) is 9.83. The van der Waals surface area contributed by atoms with Gasteiger partial charge < -0.3 is 4.74 Å². The SMILES string of the molecule is COc1ccc(Cl)cc1S(=O)(=O)Nc1cccc(Cc2ccccc2)c1. The molecule has 4 nitrogen and oxygen atoms in total. The molecule has 0 unspecified atom stereocenters. The fraction of sp³-hybridized carbons (Fsp3) is 0.100. The van der Waals surface area contributed by atoms with Gasteiger partial charge in [0.05, 0.1) is 7.11 Å². The van der Waals surface area contributed by atoms with Gasteiger partial charge in [-0.25, -0.2) is 8.42 Å². The van der Waals surface area contributed by atoms with Crippen LogP contribution in [0.25, 0.3) is 0 Å². The summed E-state index contributed by atoms with van der Waals surface area (Å²) in [5.74, 6) is 0.238. The second kappa shape index (κ2) is 7.81. The zero-order valence-corrected chi connectivity index (χ0v) is 15.7. The van der Waals surface area contributed by atoms with E-state index in [1.54, 1.807) is 12.1 Å². The Morgan fingerprint density at radius 2 is 1.65 bits per heavy atom. The van der Waals surface area contributed by atoms with Crippen molar-refractivity contribution < 1.29 is 13.2 Å². The molecule has 0 spiro atoms. The standard InChI is InChI=1S/C20H18ClNO3S/c1-25-19-11-10-17(21)14-20(19)26(23,24)22-18-9-5-8-16(13-18)12-15-6-3-2-4-7-15/h2-11,13-14,22H,12H2,1H3. The van der Waals surface area contributed by atoms with E-state index in [9.17, 15) is 8.42 Å². The smallest absolute Gasteiger partial charge is 0.265 e. The molecule has 0 saturated heterocycles. The monoisotopic (exact) mass is 387 g/mol. The van der Waals surface area contributed by atoms with Crippen LogP contribution in [0.5, 0.6) is 5.75 Å². The Hall–Kier alpha value is -2.50. The molecule has 0 aliphatic carbocycles. The van der Waals surface area contributed by atoms with Gasteiger partial charge in [-0.2, -0.15) is 0 Å². The van der Waals surface area contributed by atoms with Crippen molar-refractivity contribution in [2.75, 3.05) is 11.8 Å². The van der Waals surface area contributed by atoms with E-state index in [0.29, 0.717) is 10.7 Å². The van der Waals surface area contributed by atoms with Gasteiger partial charge in [-0.3, -0.25) is 4.72 Å². The zero-order valence-electron chi connectivity index (χ0n) is 14.1. The van der Waals surface area contributed by atoms with E-state index in [0.717, 1.165) is 17.5 Å². The van der Waals surface area contributed by atoms with E-state index in [4.69, 9.17) is 16.3 Å². The number of rotatable bonds is 6. The summed E-state index contributed by atoms with van der Waals surface area (Å²) in [6, 6.07) is 21.8. The molecule has 0 saturated carbocycles. The van der Waals surface area contributed by atoms with Gasteiger partial charge in [0.25, 0.3) is 10.0 Å². The van der Waals surface area contributed by atoms with E-state index >= 15 is 0 Å². The molecule has 0 aliphatic rings. The Kier molecular flexibility index (Phi) is 5.49. The Bertz CT molecular complexity index is 1000. The number of nitrogens with one attached hydrogen (secondary N) is 1. The average molecular weight is 388 g/mol. The maximum absolute atomic E-state index is 12.8. The molecule has 134 valence electrons. The molecule has 6 heteroatoms. The van der Waals surface area contributed by atoms with Crippen molar-refractivity contribution in [3.05, 3.63) is 88.9 Å². The second-order valence-electron chi connectivity index (χ2n) is 5.76. The van der Waals surface area contributed by atoms with Crippen molar-refractivity contribution in [1.82, 2.24) is 0 Å². The minimum atomic E-state index is -3.83. The third-order valence-electron chi connectivity index (χ3n) is 3.85. The summed E-state index contributed by atoms with van der Waals surface area (Å²) in [4.78, 5) is 0.000891. The molecular formula is C20H18ClNO3S. The predicted octanol–water partition coefficient (Wildman–Crippen LogP) is 4.74. The first-order chi connectivity index (χ1) is 12.5. The number of methoxy groups -OCH3 is 1. The number of hydrogen-bond donors (Lipinski definition) is 1. The predicted molar refractivity (Wildman–Crippen MR) is 105 cm³/mol. The topological polar surface area (TPSA) is 55.4 Å². The molecule has 0 radical (unpaired) electrons. The molecule has 0 amide bonds. The molecule has 1 N–H and O–H groups in total. The molecule has 0 aromatic heterocycles. The quantitative estimate of drug-likeness (QED) is 0.664. The molecule has 3 rings (SSSR count). The van der Waals surface area contributed by atoms with E-state index in [-0.39, 0.29) is 10.6 Å². The van der Waals surface area contributed by atoms with Crippen LogP contribution in [-0.2, 0) is 16.4 Å². The Labute approximate surface area is 158 Å². The molecule has 0 atom stereocenters. The maximum atomic E-state index is 12.8. The lowest BCUT2D eigenvalue weighted by Crippen LogP contribution is -2.14. The highest BCUT2D eigenvalue weighted by Crippen LogP contribution is 2.29. The van der Waals surface area contributed by atoms with Gasteiger partial charge in [0, 0.05) is 10.7 Å². The highest BCUT2D eigenvalue weighted by atomic mass is 35.5. The van der Waals surface area contributed by atoms with Gasteiger partial charge in [0.1, 0.15) is 10.6 Å². The molecule has 3 aromatic carbocycles. The average Bonchev–Trinajstić information content (AvgIpc) is 2.62. The summed E-state index contributed by atoms with van der Waals surface area (Å²) in [5.41, 5.74) is 2.65. The number of ether oxygens (including phenoxy) is 1. The fourth-order valence-corrected chi connectivity index (χ4v) is 4.13. The van der Waals surface area contributed by atoms with Gasteiger partial charge in [-0.1, -0.05) is 54.1 Å². The number of anilines is 1. The normalized spacial score (nSPS) is 11.2. The zero-order chi connectivity index (χ0) is 18.6. The summed E-state index contributed by atoms with van der Waals surface area (Å²) in [6.45, 7) is 0. The van der Waals surface area contributed by atoms with Crippen LogP contribution >= 0.6 is 11.6 Å². The van der Waals surface area contributed by atoms with E-state index in [2.05, 4.69) is 4.72 Å². The maximum Gasteiger partial charge on any atom is 0.265 e. The molecule has 0 aliphatic heterocycles. The van der Waals surface area contributed by atoms with E-state index in [1.807, 2.05) is 48.5 Å². The molecule has 0 heterocycles. The van der Waals surface area contributed by atoms with Crippen molar-refractivity contribution in [3.8, 4) is 5.75 Å². The minimum Gasteiger partial charge on any atom is -0.495 e. The van der Waals surface area contributed by atoms with Crippen LogP contribution in [0.2, 0.25) is 5.02 Å². The summed E-state index contributed by atoms with van der Waals surface area (Å²) < 4.78 is 33.3. The summed E-state index contributed by atoms with van der Waals surface area (Å²) in [7, 11) is -2.41. The lowest BCUT2D eigenvalue weighted by molar-refractivity contribution is 0.403. The van der Waals surface area contributed by atoms with Crippen LogP contribution in [-0.4, -0.2) is 15.5 Å². The van der Waals surface area contributed by atoms with Gasteiger partial charge >= 0.3 is 0 Å². The van der Waals surface area contributed by atoms with Crippen molar-refractivity contribution in [2.45, 2.75) is 11.3 Å². The third-order valence-corrected chi connectivity index (χ3v) is 5.48. The third kappa shape index (κ3) is 4.36. The number of benzene rings is 3. The van der Waals surface area contributed by atoms with Gasteiger partial charge in [0.15, 0.2) is 0 Å². The summed E-state index contributed by atoms with van der Waals surface area (Å²) in [5, 5.41) is 0.323. The van der Waals surface area contributed by atoms with E-state index < -0.39 is 10.0 Å². The first-order valence-electron chi connectivity index (χ1n) is 7.97. The van der Waals surface area contributed by atoms with Crippen LogP contribution in [0.4, 0.5) is 5.69 Å². The van der Waals surface area contributed by atoms with Gasteiger partial charge in [-0.15, -0.1) is 0 Å².